The van der Waals surface area contributed by atoms with E-state index in [2.05, 4.69) is 6.58 Å². The lowest BCUT2D eigenvalue weighted by Gasteiger charge is -2.13. The van der Waals surface area contributed by atoms with Crippen LogP contribution in [-0.2, 0) is 4.79 Å². The highest BCUT2D eigenvalue weighted by Crippen LogP contribution is 2.29. The normalized spacial score (nSPS) is 14.3. The summed E-state index contributed by atoms with van der Waals surface area (Å²) in [4.78, 5) is 24.2. The first-order valence-corrected chi connectivity index (χ1v) is 4.42. The molecule has 1 heterocycles. The van der Waals surface area contributed by atoms with Crippen LogP contribution in [0, 0.1) is 5.82 Å². The van der Waals surface area contributed by atoms with Crippen LogP contribution in [0.4, 0.5) is 10.1 Å². The Bertz CT molecular complexity index is 468. The van der Waals surface area contributed by atoms with Gasteiger partial charge in [0.2, 0.25) is 0 Å². The second kappa shape index (κ2) is 3.31. The molecule has 1 aromatic carbocycles. The van der Waals surface area contributed by atoms with Crippen molar-refractivity contribution in [3.8, 4) is 0 Å². The van der Waals surface area contributed by atoms with Gasteiger partial charge in [-0.2, -0.15) is 0 Å². The van der Waals surface area contributed by atoms with E-state index in [4.69, 9.17) is 0 Å². The van der Waals surface area contributed by atoms with Crippen LogP contribution in [0.25, 0.3) is 0 Å². The van der Waals surface area contributed by atoms with Crippen LogP contribution in [0.3, 0.4) is 0 Å². The number of nitrogens with zero attached hydrogens (tertiary/aromatic N) is 1. The number of amides is 1. The Morgan fingerprint density at radius 2 is 2.13 bits per heavy atom. The quantitative estimate of drug-likeness (QED) is 0.542. The minimum atomic E-state index is -0.661. The average molecular weight is 205 g/mol. The molecule has 3 nitrogen and oxygen atoms in total. The smallest absolute Gasteiger partial charge is 0.299 e. The van der Waals surface area contributed by atoms with Crippen molar-refractivity contribution in [2.75, 3.05) is 11.4 Å². The summed E-state index contributed by atoms with van der Waals surface area (Å²) >= 11 is 0. The minimum Gasteiger partial charge on any atom is -0.301 e. The van der Waals surface area contributed by atoms with E-state index in [-0.39, 0.29) is 12.1 Å². The zero-order valence-corrected chi connectivity index (χ0v) is 7.87. The molecule has 0 atom stereocenters. The number of halogens is 1. The molecule has 0 saturated heterocycles. The maximum atomic E-state index is 12.9. The number of fused-ring (bicyclic) bond motifs is 1. The van der Waals surface area contributed by atoms with Crippen LogP contribution in [0.15, 0.2) is 30.9 Å². The lowest BCUT2D eigenvalue weighted by molar-refractivity contribution is -0.114. The number of anilines is 1. The second-order valence-electron chi connectivity index (χ2n) is 3.20. The monoisotopic (exact) mass is 205 g/mol. The second-order valence-corrected chi connectivity index (χ2v) is 3.20. The van der Waals surface area contributed by atoms with Crippen molar-refractivity contribution >= 4 is 17.4 Å². The molecule has 0 aliphatic carbocycles. The van der Waals surface area contributed by atoms with Gasteiger partial charge in [-0.15, -0.1) is 6.58 Å². The van der Waals surface area contributed by atoms with Gasteiger partial charge in [-0.1, -0.05) is 6.08 Å². The number of Topliss-reactive ketones (excluding diaryl/α,β-unsaturated/α-hetero) is 1. The molecule has 0 spiro atoms. The third-order valence-corrected chi connectivity index (χ3v) is 2.25. The molecule has 0 saturated carbocycles. The predicted octanol–water partition coefficient (Wildman–Crippen LogP) is 1.54. The number of rotatable bonds is 2. The van der Waals surface area contributed by atoms with Gasteiger partial charge in [0.1, 0.15) is 5.82 Å². The van der Waals surface area contributed by atoms with Crippen LogP contribution in [0.1, 0.15) is 10.4 Å². The molecular weight excluding hydrogens is 197 g/mol. The van der Waals surface area contributed by atoms with E-state index in [0.29, 0.717) is 5.69 Å². The summed E-state index contributed by atoms with van der Waals surface area (Å²) in [6.45, 7) is 3.75. The summed E-state index contributed by atoms with van der Waals surface area (Å²) in [6.07, 6.45) is 1.52. The molecule has 0 unspecified atom stereocenters. The Morgan fingerprint density at radius 3 is 2.80 bits per heavy atom. The molecule has 4 heteroatoms. The molecule has 0 radical (unpaired) electrons. The summed E-state index contributed by atoms with van der Waals surface area (Å²) in [5.74, 6) is -1.81. The van der Waals surface area contributed by atoms with Gasteiger partial charge in [-0.25, -0.2) is 4.39 Å². The number of benzene rings is 1. The van der Waals surface area contributed by atoms with Gasteiger partial charge in [-0.05, 0) is 18.2 Å². The number of carbonyl (C=O) groups is 2. The molecule has 1 aliphatic rings. The SMILES string of the molecule is C=CCN1C(=O)C(=O)c2cc(F)ccc21. The third-order valence-electron chi connectivity index (χ3n) is 2.25. The van der Waals surface area contributed by atoms with Crippen molar-refractivity contribution in [2.45, 2.75) is 0 Å². The first kappa shape index (κ1) is 9.58. The lowest BCUT2D eigenvalue weighted by Crippen LogP contribution is -2.29. The Morgan fingerprint density at radius 1 is 1.40 bits per heavy atom. The number of hydrogen-bond acceptors (Lipinski definition) is 2. The Labute approximate surface area is 85.8 Å². The highest BCUT2D eigenvalue weighted by Gasteiger charge is 2.35. The largest absolute Gasteiger partial charge is 0.301 e. The van der Waals surface area contributed by atoms with Crippen LogP contribution < -0.4 is 4.90 Å². The van der Waals surface area contributed by atoms with E-state index in [0.717, 1.165) is 6.07 Å². The van der Waals surface area contributed by atoms with Gasteiger partial charge in [0.05, 0.1) is 11.3 Å². The maximum absolute atomic E-state index is 12.9. The number of ketones is 1. The van der Waals surface area contributed by atoms with E-state index in [1.54, 1.807) is 0 Å². The molecule has 15 heavy (non-hydrogen) atoms. The Kier molecular flexibility index (Phi) is 2.11. The van der Waals surface area contributed by atoms with Crippen LogP contribution in [0.2, 0.25) is 0 Å². The zero-order chi connectivity index (χ0) is 11.0. The Balaban J connectivity index is 2.55. The first-order valence-electron chi connectivity index (χ1n) is 4.42. The topological polar surface area (TPSA) is 37.4 Å². The summed E-state index contributed by atoms with van der Waals surface area (Å²) in [5, 5.41) is 0. The minimum absolute atomic E-state index is 0.127. The predicted molar refractivity (Wildman–Crippen MR) is 53.3 cm³/mol. The fraction of sp³-hybridized carbons (Fsp3) is 0.0909. The molecule has 1 amide bonds. The lowest BCUT2D eigenvalue weighted by atomic mass is 10.1. The molecule has 2 rings (SSSR count). The van der Waals surface area contributed by atoms with Crippen molar-refractivity contribution in [1.29, 1.82) is 0 Å². The maximum Gasteiger partial charge on any atom is 0.299 e. The fourth-order valence-corrected chi connectivity index (χ4v) is 1.58. The molecule has 76 valence electrons. The molecule has 0 N–H and O–H groups in total. The average Bonchev–Trinajstić information content (AvgIpc) is 2.44. The third kappa shape index (κ3) is 1.34. The van der Waals surface area contributed by atoms with Crippen molar-refractivity contribution in [2.24, 2.45) is 0 Å². The number of hydrogen-bond donors (Lipinski definition) is 0. The fourth-order valence-electron chi connectivity index (χ4n) is 1.58. The zero-order valence-electron chi connectivity index (χ0n) is 7.87. The molecule has 0 aromatic heterocycles. The molecule has 0 bridgehead atoms. The van der Waals surface area contributed by atoms with Gasteiger partial charge >= 0.3 is 0 Å². The Hall–Kier alpha value is -1.97. The number of carbonyl (C=O) groups excluding carboxylic acids is 2. The highest BCUT2D eigenvalue weighted by molar-refractivity contribution is 6.52. The van der Waals surface area contributed by atoms with Crippen LogP contribution in [0.5, 0.6) is 0 Å². The standard InChI is InChI=1S/C11H8FNO2/c1-2-5-13-9-4-3-7(12)6-8(9)10(14)11(13)15/h2-4,6H,1,5H2. The van der Waals surface area contributed by atoms with Gasteiger partial charge in [0, 0.05) is 6.54 Å². The summed E-state index contributed by atoms with van der Waals surface area (Å²) in [5.41, 5.74) is 0.577. The molecule has 1 aromatic rings. The van der Waals surface area contributed by atoms with Crippen molar-refractivity contribution in [3.63, 3.8) is 0 Å². The van der Waals surface area contributed by atoms with E-state index in [1.807, 2.05) is 0 Å². The van der Waals surface area contributed by atoms with Crippen molar-refractivity contribution < 1.29 is 14.0 Å². The first-order chi connectivity index (χ1) is 7.15. The van der Waals surface area contributed by atoms with E-state index < -0.39 is 17.5 Å². The van der Waals surface area contributed by atoms with Crippen molar-refractivity contribution in [1.82, 2.24) is 0 Å². The van der Waals surface area contributed by atoms with E-state index >= 15 is 0 Å². The van der Waals surface area contributed by atoms with Gasteiger partial charge in [0.15, 0.2) is 0 Å². The van der Waals surface area contributed by atoms with Crippen molar-refractivity contribution in [3.05, 3.63) is 42.2 Å². The van der Waals surface area contributed by atoms with Crippen LogP contribution in [-0.4, -0.2) is 18.2 Å². The summed E-state index contributed by atoms with van der Waals surface area (Å²) in [6, 6.07) is 3.73. The van der Waals surface area contributed by atoms with Gasteiger partial charge in [0.25, 0.3) is 11.7 Å². The van der Waals surface area contributed by atoms with Gasteiger partial charge in [-0.3, -0.25) is 9.59 Å². The van der Waals surface area contributed by atoms with Gasteiger partial charge < -0.3 is 4.90 Å². The highest BCUT2D eigenvalue weighted by atomic mass is 19.1. The summed E-state index contributed by atoms with van der Waals surface area (Å²) < 4.78 is 12.9. The molecule has 0 fully saturated rings. The molecule has 1 aliphatic heterocycles. The molecular formula is C11H8FNO2. The van der Waals surface area contributed by atoms with E-state index in [9.17, 15) is 14.0 Å². The van der Waals surface area contributed by atoms with Crippen LogP contribution >= 0.6 is 0 Å². The summed E-state index contributed by atoms with van der Waals surface area (Å²) in [7, 11) is 0. The van der Waals surface area contributed by atoms with E-state index in [1.165, 1.54) is 23.1 Å².